The van der Waals surface area contributed by atoms with Crippen LogP contribution in [0.2, 0.25) is 0 Å². The van der Waals surface area contributed by atoms with Crippen molar-refractivity contribution in [3.8, 4) is 0 Å². The molecule has 1 saturated heterocycles. The molecule has 0 spiro atoms. The molecular formula is C11H15ClN2O2. The second-order valence-corrected chi connectivity index (χ2v) is 4.36. The third-order valence-electron chi connectivity index (χ3n) is 2.78. The molecule has 0 saturated carbocycles. The van der Waals surface area contributed by atoms with Crippen LogP contribution in [0.1, 0.15) is 23.2 Å². The molecule has 1 aromatic heterocycles. The van der Waals surface area contributed by atoms with Crippen LogP contribution in [0.5, 0.6) is 0 Å². The van der Waals surface area contributed by atoms with E-state index >= 15 is 0 Å². The number of hydrogen-bond donors (Lipinski definition) is 0. The van der Waals surface area contributed by atoms with Gasteiger partial charge < -0.3 is 4.74 Å². The Hall–Kier alpha value is -0.870. The van der Waals surface area contributed by atoms with E-state index < -0.39 is 0 Å². The van der Waals surface area contributed by atoms with Crippen molar-refractivity contribution in [3.63, 3.8) is 0 Å². The van der Waals surface area contributed by atoms with Crippen LogP contribution in [-0.4, -0.2) is 34.7 Å². The lowest BCUT2D eigenvalue weighted by atomic mass is 10.0. The standard InChI is InChI=1S/C11H15ClN2O2/c12-4-11(15)10-5-13-14(7-10)6-9-2-1-3-16-8-9/h5,7,9H,1-4,6,8H2. The quantitative estimate of drug-likeness (QED) is 0.597. The number of ether oxygens (including phenoxy) is 1. The average Bonchev–Trinajstić information content (AvgIpc) is 2.78. The largest absolute Gasteiger partial charge is 0.381 e. The van der Waals surface area contributed by atoms with Crippen molar-refractivity contribution in [3.05, 3.63) is 18.0 Å². The summed E-state index contributed by atoms with van der Waals surface area (Å²) in [7, 11) is 0. The van der Waals surface area contributed by atoms with Gasteiger partial charge in [-0.3, -0.25) is 9.48 Å². The van der Waals surface area contributed by atoms with Crippen molar-refractivity contribution in [2.45, 2.75) is 19.4 Å². The fourth-order valence-electron chi connectivity index (χ4n) is 1.90. The second kappa shape index (κ2) is 5.46. The molecular weight excluding hydrogens is 228 g/mol. The second-order valence-electron chi connectivity index (χ2n) is 4.09. The molecule has 0 amide bonds. The molecule has 0 N–H and O–H groups in total. The van der Waals surface area contributed by atoms with E-state index in [4.69, 9.17) is 16.3 Å². The first-order valence-electron chi connectivity index (χ1n) is 5.49. The number of carbonyl (C=O) groups is 1. The zero-order valence-corrected chi connectivity index (χ0v) is 9.82. The Morgan fingerprint density at radius 2 is 2.56 bits per heavy atom. The maximum Gasteiger partial charge on any atom is 0.180 e. The van der Waals surface area contributed by atoms with Crippen molar-refractivity contribution in [1.29, 1.82) is 0 Å². The van der Waals surface area contributed by atoms with E-state index in [1.807, 2.05) is 0 Å². The summed E-state index contributed by atoms with van der Waals surface area (Å²) in [4.78, 5) is 11.3. The number of aromatic nitrogens is 2. The molecule has 16 heavy (non-hydrogen) atoms. The van der Waals surface area contributed by atoms with Crippen LogP contribution in [0.3, 0.4) is 0 Å². The minimum absolute atomic E-state index is 0.0121. The number of alkyl halides is 1. The van der Waals surface area contributed by atoms with E-state index in [1.54, 1.807) is 17.1 Å². The molecule has 1 unspecified atom stereocenters. The van der Waals surface area contributed by atoms with Crippen molar-refractivity contribution in [1.82, 2.24) is 9.78 Å². The van der Waals surface area contributed by atoms with Gasteiger partial charge in [0, 0.05) is 25.3 Å². The van der Waals surface area contributed by atoms with Gasteiger partial charge in [-0.1, -0.05) is 0 Å². The zero-order valence-electron chi connectivity index (χ0n) is 9.06. The van der Waals surface area contributed by atoms with Gasteiger partial charge in [0.2, 0.25) is 0 Å². The maximum atomic E-state index is 11.3. The minimum Gasteiger partial charge on any atom is -0.381 e. The van der Waals surface area contributed by atoms with Crippen LogP contribution >= 0.6 is 11.6 Å². The van der Waals surface area contributed by atoms with Gasteiger partial charge in [0.15, 0.2) is 5.78 Å². The Balaban J connectivity index is 1.94. The zero-order chi connectivity index (χ0) is 11.4. The minimum atomic E-state index is -0.0761. The van der Waals surface area contributed by atoms with E-state index in [1.165, 1.54) is 6.42 Å². The number of rotatable bonds is 4. The lowest BCUT2D eigenvalue weighted by Crippen LogP contribution is -2.22. The lowest BCUT2D eigenvalue weighted by Gasteiger charge is -2.21. The summed E-state index contributed by atoms with van der Waals surface area (Å²) in [6.07, 6.45) is 5.62. The van der Waals surface area contributed by atoms with E-state index in [0.29, 0.717) is 11.5 Å². The van der Waals surface area contributed by atoms with E-state index in [9.17, 15) is 4.79 Å². The number of nitrogens with zero attached hydrogens (tertiary/aromatic N) is 2. The van der Waals surface area contributed by atoms with Gasteiger partial charge >= 0.3 is 0 Å². The summed E-state index contributed by atoms with van der Waals surface area (Å²) < 4.78 is 7.21. The van der Waals surface area contributed by atoms with Gasteiger partial charge in [-0.25, -0.2) is 0 Å². The molecule has 1 aromatic rings. The topological polar surface area (TPSA) is 44.1 Å². The van der Waals surface area contributed by atoms with Crippen LogP contribution in [-0.2, 0) is 11.3 Å². The van der Waals surface area contributed by atoms with Gasteiger partial charge in [0.25, 0.3) is 0 Å². The van der Waals surface area contributed by atoms with E-state index in [-0.39, 0.29) is 11.7 Å². The van der Waals surface area contributed by atoms with Crippen LogP contribution in [0, 0.1) is 5.92 Å². The number of Topliss-reactive ketones (excluding diaryl/α,β-unsaturated/α-hetero) is 1. The molecule has 2 heterocycles. The average molecular weight is 243 g/mol. The fraction of sp³-hybridized carbons (Fsp3) is 0.636. The molecule has 88 valence electrons. The molecule has 1 aliphatic heterocycles. The number of hydrogen-bond acceptors (Lipinski definition) is 3. The molecule has 2 rings (SSSR count). The molecule has 4 nitrogen and oxygen atoms in total. The molecule has 1 aliphatic rings. The number of halogens is 1. The molecule has 0 radical (unpaired) electrons. The lowest BCUT2D eigenvalue weighted by molar-refractivity contribution is 0.0470. The molecule has 5 heteroatoms. The smallest absolute Gasteiger partial charge is 0.180 e. The predicted molar refractivity (Wildman–Crippen MR) is 60.8 cm³/mol. The first-order chi connectivity index (χ1) is 7.79. The molecule has 1 atom stereocenters. The summed E-state index contributed by atoms with van der Waals surface area (Å²) in [5.74, 6) is 0.443. The number of carbonyl (C=O) groups excluding carboxylic acids is 1. The molecule has 0 bridgehead atoms. The fourth-order valence-corrected chi connectivity index (χ4v) is 2.05. The predicted octanol–water partition coefficient (Wildman–Crippen LogP) is 1.73. The van der Waals surface area contributed by atoms with Gasteiger partial charge in [-0.05, 0) is 12.8 Å². The monoisotopic (exact) mass is 242 g/mol. The Bertz CT molecular complexity index is 359. The highest BCUT2D eigenvalue weighted by Crippen LogP contribution is 2.15. The first kappa shape index (κ1) is 11.6. The molecule has 0 aromatic carbocycles. The highest BCUT2D eigenvalue weighted by atomic mass is 35.5. The Morgan fingerprint density at radius 3 is 3.25 bits per heavy atom. The Labute approximate surface area is 99.5 Å². The first-order valence-corrected chi connectivity index (χ1v) is 6.02. The highest BCUT2D eigenvalue weighted by Gasteiger charge is 2.15. The van der Waals surface area contributed by atoms with Crippen molar-refractivity contribution >= 4 is 17.4 Å². The van der Waals surface area contributed by atoms with Crippen LogP contribution in [0.25, 0.3) is 0 Å². The summed E-state index contributed by atoms with van der Waals surface area (Å²) in [5, 5.41) is 4.16. The van der Waals surface area contributed by atoms with E-state index in [2.05, 4.69) is 5.10 Å². The van der Waals surface area contributed by atoms with Crippen LogP contribution in [0.15, 0.2) is 12.4 Å². The van der Waals surface area contributed by atoms with Gasteiger partial charge in [0.05, 0.1) is 24.2 Å². The van der Waals surface area contributed by atoms with Crippen LogP contribution < -0.4 is 0 Å². The summed E-state index contributed by atoms with van der Waals surface area (Å²) in [5.41, 5.74) is 0.590. The Morgan fingerprint density at radius 1 is 1.69 bits per heavy atom. The van der Waals surface area contributed by atoms with Crippen molar-refractivity contribution < 1.29 is 9.53 Å². The third-order valence-corrected chi connectivity index (χ3v) is 3.02. The van der Waals surface area contributed by atoms with Gasteiger partial charge in [-0.15, -0.1) is 11.6 Å². The summed E-state index contributed by atoms with van der Waals surface area (Å²) in [6, 6.07) is 0. The van der Waals surface area contributed by atoms with Crippen molar-refractivity contribution in [2.75, 3.05) is 19.1 Å². The summed E-state index contributed by atoms with van der Waals surface area (Å²) in [6.45, 7) is 2.47. The normalized spacial score (nSPS) is 20.9. The highest BCUT2D eigenvalue weighted by molar-refractivity contribution is 6.30. The van der Waals surface area contributed by atoms with E-state index in [0.717, 1.165) is 26.2 Å². The van der Waals surface area contributed by atoms with Gasteiger partial charge in [0.1, 0.15) is 0 Å². The SMILES string of the molecule is O=C(CCl)c1cnn(CC2CCCOC2)c1. The number of ketones is 1. The maximum absolute atomic E-state index is 11.3. The van der Waals surface area contributed by atoms with Crippen molar-refractivity contribution in [2.24, 2.45) is 5.92 Å². The Kier molecular flexibility index (Phi) is 3.96. The van der Waals surface area contributed by atoms with Crippen LogP contribution in [0.4, 0.5) is 0 Å². The summed E-state index contributed by atoms with van der Waals surface area (Å²) >= 11 is 5.48. The van der Waals surface area contributed by atoms with Gasteiger partial charge in [-0.2, -0.15) is 5.10 Å². The third kappa shape index (κ3) is 2.83. The molecule has 0 aliphatic carbocycles. The molecule has 1 fully saturated rings.